The molecule has 2 fully saturated rings. The molecule has 0 radical (unpaired) electrons. The topological polar surface area (TPSA) is 71.1 Å². The number of nitrogens with one attached hydrogen (secondary N) is 1. The predicted molar refractivity (Wildman–Crippen MR) is 100 cm³/mol. The van der Waals surface area contributed by atoms with Crippen LogP contribution in [-0.4, -0.2) is 74.1 Å². The van der Waals surface area contributed by atoms with Crippen molar-refractivity contribution in [3.8, 4) is 11.5 Å². The van der Waals surface area contributed by atoms with E-state index in [0.717, 1.165) is 19.4 Å². The molecule has 0 aliphatic carbocycles. The first-order chi connectivity index (χ1) is 13.0. The fourth-order valence-electron chi connectivity index (χ4n) is 3.63. The number of halogens is 3. The Morgan fingerprint density at radius 1 is 1.32 bits per heavy atom. The Labute approximate surface area is 168 Å². The number of amides is 2. The number of ether oxygens (including phenoxy) is 2. The number of hydrogen-bond donors (Lipinski definition) is 1. The quantitative estimate of drug-likeness (QED) is 0.787. The minimum Gasteiger partial charge on any atom is -0.493 e. The molecule has 0 saturated carbocycles. The number of benzene rings is 1. The molecular weight excluding hydrogens is 396 g/mol. The third kappa shape index (κ3) is 4.82. The van der Waals surface area contributed by atoms with E-state index in [4.69, 9.17) is 4.74 Å². The average Bonchev–Trinajstić information content (AvgIpc) is 2.67. The molecule has 1 aromatic rings. The lowest BCUT2D eigenvalue weighted by atomic mass is 10.0. The largest absolute Gasteiger partial charge is 0.493 e. The lowest BCUT2D eigenvalue weighted by Crippen LogP contribution is -2.57. The van der Waals surface area contributed by atoms with Crippen molar-refractivity contribution in [2.24, 2.45) is 0 Å². The van der Waals surface area contributed by atoms with Crippen LogP contribution in [0.4, 0.5) is 8.78 Å². The highest BCUT2D eigenvalue weighted by Gasteiger charge is 2.33. The maximum atomic E-state index is 13.0. The summed E-state index contributed by atoms with van der Waals surface area (Å²) < 4.78 is 35.3. The van der Waals surface area contributed by atoms with Crippen molar-refractivity contribution >= 4 is 24.2 Å². The minimum atomic E-state index is -3.07. The highest BCUT2D eigenvalue weighted by molar-refractivity contribution is 5.98. The summed E-state index contributed by atoms with van der Waals surface area (Å²) in [6, 6.07) is 4.41. The Morgan fingerprint density at radius 3 is 2.79 bits per heavy atom. The van der Waals surface area contributed by atoms with Crippen LogP contribution in [0.25, 0.3) is 0 Å². The summed E-state index contributed by atoms with van der Waals surface area (Å²) in [4.78, 5) is 28.5. The van der Waals surface area contributed by atoms with E-state index in [0.29, 0.717) is 26.2 Å². The first kappa shape index (κ1) is 22.2. The second kappa shape index (κ2) is 9.88. The van der Waals surface area contributed by atoms with Crippen LogP contribution in [0.5, 0.6) is 11.5 Å². The molecule has 3 rings (SSSR count). The number of piperidine rings is 1. The van der Waals surface area contributed by atoms with Crippen molar-refractivity contribution < 1.29 is 27.8 Å². The summed E-state index contributed by atoms with van der Waals surface area (Å²) in [7, 11) is 1.33. The average molecular weight is 420 g/mol. The number of methoxy groups -OCH3 is 1. The lowest BCUT2D eigenvalue weighted by molar-refractivity contribution is -0.135. The molecule has 7 nitrogen and oxygen atoms in total. The smallest absolute Gasteiger partial charge is 0.387 e. The van der Waals surface area contributed by atoms with Gasteiger partial charge in [0.1, 0.15) is 0 Å². The van der Waals surface area contributed by atoms with Crippen LogP contribution < -0.4 is 14.8 Å². The van der Waals surface area contributed by atoms with Gasteiger partial charge in [-0.15, -0.1) is 12.4 Å². The van der Waals surface area contributed by atoms with Gasteiger partial charge in [-0.3, -0.25) is 9.59 Å². The molecule has 28 heavy (non-hydrogen) atoms. The van der Waals surface area contributed by atoms with Gasteiger partial charge in [0.05, 0.1) is 19.2 Å². The molecule has 1 unspecified atom stereocenters. The van der Waals surface area contributed by atoms with E-state index in [2.05, 4.69) is 10.1 Å². The van der Waals surface area contributed by atoms with Crippen LogP contribution in [0.3, 0.4) is 0 Å². The van der Waals surface area contributed by atoms with Gasteiger partial charge in [-0.25, -0.2) is 0 Å². The van der Waals surface area contributed by atoms with Crippen LogP contribution in [0.1, 0.15) is 23.2 Å². The Balaban J connectivity index is 0.00000280. The van der Waals surface area contributed by atoms with E-state index in [9.17, 15) is 18.4 Å². The zero-order valence-corrected chi connectivity index (χ0v) is 16.3. The van der Waals surface area contributed by atoms with Gasteiger partial charge in [0.25, 0.3) is 5.91 Å². The molecule has 1 aromatic carbocycles. The van der Waals surface area contributed by atoms with E-state index >= 15 is 0 Å². The summed E-state index contributed by atoms with van der Waals surface area (Å²) in [6.07, 6.45) is 1.55. The fraction of sp³-hybridized carbons (Fsp3) is 0.556. The zero-order valence-electron chi connectivity index (χ0n) is 15.5. The standard InChI is InChI=1S/C18H23F2N3O4.ClH/c1-26-14-6-2-5-13(16(14)27-18(19)20)17(25)22-8-3-4-12(11-22)23-9-7-21-10-15(23)24;/h2,5-6,12,18,21H,3-4,7-11H2,1H3;1H. The number of carbonyl (C=O) groups excluding carboxylic acids is 2. The zero-order chi connectivity index (χ0) is 19.4. The van der Waals surface area contributed by atoms with Crippen LogP contribution in [0, 0.1) is 0 Å². The summed E-state index contributed by atoms with van der Waals surface area (Å²) in [5, 5.41) is 3.03. The molecule has 0 spiro atoms. The van der Waals surface area contributed by atoms with Crippen LogP contribution in [0.2, 0.25) is 0 Å². The molecule has 0 bridgehead atoms. The van der Waals surface area contributed by atoms with E-state index in [1.807, 2.05) is 0 Å². The predicted octanol–water partition coefficient (Wildman–Crippen LogP) is 1.75. The summed E-state index contributed by atoms with van der Waals surface area (Å²) in [5.74, 6) is -0.576. The first-order valence-corrected chi connectivity index (χ1v) is 8.92. The van der Waals surface area contributed by atoms with Gasteiger partial charge in [-0.2, -0.15) is 8.78 Å². The Kier molecular flexibility index (Phi) is 7.82. The molecule has 2 heterocycles. The Hall–Kier alpha value is -2.13. The van der Waals surface area contributed by atoms with E-state index in [-0.39, 0.29) is 41.4 Å². The van der Waals surface area contributed by atoms with Gasteiger partial charge >= 0.3 is 6.61 Å². The Bertz CT molecular complexity index is 707. The van der Waals surface area contributed by atoms with Crippen LogP contribution in [0.15, 0.2) is 18.2 Å². The molecule has 1 N–H and O–H groups in total. The molecule has 2 aliphatic rings. The normalized spacial score (nSPS) is 20.0. The molecular formula is C18H24ClF2N3O4. The van der Waals surface area contributed by atoms with E-state index in [1.165, 1.54) is 19.2 Å². The molecule has 2 saturated heterocycles. The number of carbonyl (C=O) groups is 2. The third-order valence-electron chi connectivity index (χ3n) is 4.89. The monoisotopic (exact) mass is 419 g/mol. The van der Waals surface area contributed by atoms with Gasteiger partial charge in [0.15, 0.2) is 11.5 Å². The molecule has 0 aromatic heterocycles. The fourth-order valence-corrected chi connectivity index (χ4v) is 3.63. The molecule has 10 heteroatoms. The second-order valence-corrected chi connectivity index (χ2v) is 6.53. The molecule has 2 aliphatic heterocycles. The van der Waals surface area contributed by atoms with Crippen LogP contribution in [-0.2, 0) is 4.79 Å². The molecule has 2 amide bonds. The number of piperazine rings is 1. The summed E-state index contributed by atoms with van der Waals surface area (Å²) in [6.45, 7) is -0.577. The summed E-state index contributed by atoms with van der Waals surface area (Å²) >= 11 is 0. The maximum Gasteiger partial charge on any atom is 0.387 e. The van der Waals surface area contributed by atoms with Crippen molar-refractivity contribution in [2.75, 3.05) is 39.8 Å². The maximum absolute atomic E-state index is 13.0. The highest BCUT2D eigenvalue weighted by atomic mass is 35.5. The van der Waals surface area contributed by atoms with Crippen molar-refractivity contribution in [3.05, 3.63) is 23.8 Å². The number of alkyl halides is 2. The minimum absolute atomic E-state index is 0. The van der Waals surface area contributed by atoms with Crippen molar-refractivity contribution in [3.63, 3.8) is 0 Å². The van der Waals surface area contributed by atoms with Gasteiger partial charge in [-0.1, -0.05) is 6.07 Å². The van der Waals surface area contributed by atoms with Crippen LogP contribution >= 0.6 is 12.4 Å². The van der Waals surface area contributed by atoms with Gasteiger partial charge in [0.2, 0.25) is 5.91 Å². The molecule has 156 valence electrons. The Morgan fingerprint density at radius 2 is 2.11 bits per heavy atom. The van der Waals surface area contributed by atoms with E-state index < -0.39 is 12.5 Å². The number of hydrogen-bond acceptors (Lipinski definition) is 5. The lowest BCUT2D eigenvalue weighted by Gasteiger charge is -2.41. The second-order valence-electron chi connectivity index (χ2n) is 6.53. The van der Waals surface area contributed by atoms with Gasteiger partial charge in [-0.05, 0) is 25.0 Å². The SMILES string of the molecule is COc1cccc(C(=O)N2CCCC(N3CCNCC3=O)C2)c1OC(F)F.Cl. The number of likely N-dealkylation sites (tertiary alicyclic amines) is 1. The molecule has 1 atom stereocenters. The van der Waals surface area contributed by atoms with Gasteiger partial charge in [0, 0.05) is 32.2 Å². The van der Waals surface area contributed by atoms with E-state index in [1.54, 1.807) is 15.9 Å². The van der Waals surface area contributed by atoms with Crippen molar-refractivity contribution in [1.82, 2.24) is 15.1 Å². The first-order valence-electron chi connectivity index (χ1n) is 8.92. The number of nitrogens with zero attached hydrogens (tertiary/aromatic N) is 2. The summed E-state index contributed by atoms with van der Waals surface area (Å²) in [5.41, 5.74) is 0.0296. The number of rotatable bonds is 5. The van der Waals surface area contributed by atoms with Crippen molar-refractivity contribution in [2.45, 2.75) is 25.5 Å². The third-order valence-corrected chi connectivity index (χ3v) is 4.89. The highest BCUT2D eigenvalue weighted by Crippen LogP contribution is 2.34. The number of para-hydroxylation sites is 1. The van der Waals surface area contributed by atoms with Crippen molar-refractivity contribution in [1.29, 1.82) is 0 Å². The van der Waals surface area contributed by atoms with Gasteiger partial charge < -0.3 is 24.6 Å².